The van der Waals surface area contributed by atoms with Crippen LogP contribution >= 0.6 is 27.3 Å². The van der Waals surface area contributed by atoms with Crippen molar-refractivity contribution in [2.24, 2.45) is 0 Å². The minimum atomic E-state index is -3.04. The van der Waals surface area contributed by atoms with Crippen LogP contribution in [0.25, 0.3) is 0 Å². The van der Waals surface area contributed by atoms with Crippen molar-refractivity contribution < 1.29 is 8.42 Å². The second kappa shape index (κ2) is 2.44. The predicted octanol–water partition coefficient (Wildman–Crippen LogP) is 2.59. The van der Waals surface area contributed by atoms with Crippen molar-refractivity contribution in [3.05, 3.63) is 17.5 Å². The Hall–Kier alpha value is 0.130. The molecule has 1 aromatic heterocycles. The molecule has 0 saturated heterocycles. The van der Waals surface area contributed by atoms with E-state index in [4.69, 9.17) is 0 Å². The Morgan fingerprint density at radius 3 is 2.43 bits per heavy atom. The lowest BCUT2D eigenvalue weighted by Gasteiger charge is -2.66. The Labute approximate surface area is 95.4 Å². The van der Waals surface area contributed by atoms with E-state index in [-0.39, 0.29) is 4.32 Å². The van der Waals surface area contributed by atoms with Crippen LogP contribution in [0, 0.1) is 0 Å². The molecule has 0 N–H and O–H groups in total. The van der Waals surface area contributed by atoms with E-state index in [2.05, 4.69) is 15.9 Å². The molecule has 3 saturated carbocycles. The monoisotopic (exact) mass is 292 g/mol. The topological polar surface area (TPSA) is 34.1 Å². The number of thiophene rings is 1. The predicted molar refractivity (Wildman–Crippen MR) is 59.7 cm³/mol. The van der Waals surface area contributed by atoms with Gasteiger partial charge in [-0.15, -0.1) is 11.3 Å². The van der Waals surface area contributed by atoms with Gasteiger partial charge >= 0.3 is 0 Å². The molecule has 3 aliphatic rings. The van der Waals surface area contributed by atoms with Crippen LogP contribution in [-0.4, -0.2) is 17.5 Å². The first-order chi connectivity index (χ1) is 6.48. The number of sulfone groups is 1. The van der Waals surface area contributed by atoms with E-state index in [0.717, 1.165) is 19.3 Å². The van der Waals surface area contributed by atoms with Crippen LogP contribution in [-0.2, 0) is 9.84 Å². The lowest BCUT2D eigenvalue weighted by atomic mass is 9.55. The Morgan fingerprint density at radius 2 is 2.00 bits per heavy atom. The van der Waals surface area contributed by atoms with E-state index in [9.17, 15) is 8.42 Å². The third-order valence-corrected chi connectivity index (χ3v) is 7.94. The summed E-state index contributed by atoms with van der Waals surface area (Å²) in [7, 11) is -3.04. The van der Waals surface area contributed by atoms with Gasteiger partial charge in [0.15, 0.2) is 9.84 Å². The summed E-state index contributed by atoms with van der Waals surface area (Å²) in [6.07, 6.45) is 2.38. The fourth-order valence-electron chi connectivity index (χ4n) is 2.49. The second-order valence-electron chi connectivity index (χ2n) is 4.30. The molecule has 4 rings (SSSR count). The maximum absolute atomic E-state index is 12.2. The molecule has 0 amide bonds. The fourth-order valence-corrected chi connectivity index (χ4v) is 8.39. The normalized spacial score (nSPS) is 40.1. The highest BCUT2D eigenvalue weighted by Crippen LogP contribution is 2.70. The first-order valence-electron chi connectivity index (χ1n) is 4.45. The molecular weight excluding hydrogens is 284 g/mol. The third kappa shape index (κ3) is 0.933. The maximum atomic E-state index is 12.2. The first kappa shape index (κ1) is 9.36. The minimum absolute atomic E-state index is 0.164. The zero-order valence-corrected chi connectivity index (χ0v) is 10.6. The molecule has 2 nitrogen and oxygen atoms in total. The van der Waals surface area contributed by atoms with Crippen molar-refractivity contribution in [3.8, 4) is 0 Å². The second-order valence-corrected chi connectivity index (χ2v) is 9.50. The van der Waals surface area contributed by atoms with Crippen molar-refractivity contribution in [2.75, 3.05) is 0 Å². The van der Waals surface area contributed by atoms with Gasteiger partial charge in [-0.1, -0.05) is 22.0 Å². The van der Waals surface area contributed by atoms with E-state index in [1.807, 2.05) is 5.38 Å². The van der Waals surface area contributed by atoms with Gasteiger partial charge in [-0.2, -0.15) is 0 Å². The number of hydrogen-bond acceptors (Lipinski definition) is 3. The van der Waals surface area contributed by atoms with Gasteiger partial charge in [-0.25, -0.2) is 8.42 Å². The molecular formula is C9H9BrO2S2. The minimum Gasteiger partial charge on any atom is -0.222 e. The zero-order chi connectivity index (χ0) is 10.0. The molecule has 1 aromatic rings. The summed E-state index contributed by atoms with van der Waals surface area (Å²) < 4.78 is 24.6. The van der Waals surface area contributed by atoms with E-state index in [1.165, 1.54) is 11.3 Å². The summed E-state index contributed by atoms with van der Waals surface area (Å²) >= 11 is 4.89. The lowest BCUT2D eigenvalue weighted by Crippen LogP contribution is -2.71. The fraction of sp³-hybridized carbons (Fsp3) is 0.556. The van der Waals surface area contributed by atoms with E-state index in [0.29, 0.717) is 4.21 Å². The highest BCUT2D eigenvalue weighted by molar-refractivity contribution is 9.10. The van der Waals surface area contributed by atoms with E-state index in [1.54, 1.807) is 12.1 Å². The van der Waals surface area contributed by atoms with Crippen LogP contribution in [0.4, 0.5) is 0 Å². The van der Waals surface area contributed by atoms with Crippen molar-refractivity contribution in [2.45, 2.75) is 32.5 Å². The van der Waals surface area contributed by atoms with Gasteiger partial charge in [0.2, 0.25) is 0 Å². The van der Waals surface area contributed by atoms with Crippen molar-refractivity contribution >= 4 is 37.1 Å². The first-order valence-corrected chi connectivity index (χ1v) is 7.60. The van der Waals surface area contributed by atoms with Crippen LogP contribution in [0.1, 0.15) is 19.3 Å². The van der Waals surface area contributed by atoms with Crippen molar-refractivity contribution in [3.63, 3.8) is 0 Å². The summed E-state index contributed by atoms with van der Waals surface area (Å²) in [6, 6.07) is 3.51. The lowest BCUT2D eigenvalue weighted by molar-refractivity contribution is 0.0937. The average molecular weight is 293 g/mol. The summed E-state index contributed by atoms with van der Waals surface area (Å²) in [5.41, 5.74) is 0. The summed E-state index contributed by atoms with van der Waals surface area (Å²) in [5.74, 6) is 0. The molecule has 5 heteroatoms. The van der Waals surface area contributed by atoms with E-state index >= 15 is 0 Å². The SMILES string of the molecule is O=S(=O)(c1cccs1)C12CC(Br)(C1)C2. The summed E-state index contributed by atoms with van der Waals surface area (Å²) in [6.45, 7) is 0. The molecule has 0 aliphatic heterocycles. The average Bonchev–Trinajstić information content (AvgIpc) is 2.48. The Kier molecular flexibility index (Phi) is 1.63. The molecule has 0 atom stereocenters. The number of alkyl halides is 1. The molecule has 0 spiro atoms. The highest BCUT2D eigenvalue weighted by Gasteiger charge is 2.73. The molecule has 3 aliphatic carbocycles. The molecule has 0 radical (unpaired) electrons. The van der Waals surface area contributed by atoms with E-state index < -0.39 is 14.6 Å². The maximum Gasteiger partial charge on any atom is 0.193 e. The van der Waals surface area contributed by atoms with Crippen LogP contribution in [0.15, 0.2) is 21.7 Å². The largest absolute Gasteiger partial charge is 0.222 e. The molecule has 1 heterocycles. The van der Waals surface area contributed by atoms with Gasteiger partial charge in [0.05, 0.1) is 4.75 Å². The molecule has 3 fully saturated rings. The van der Waals surface area contributed by atoms with Crippen LogP contribution in [0.5, 0.6) is 0 Å². The molecule has 2 bridgehead atoms. The molecule has 0 aromatic carbocycles. The van der Waals surface area contributed by atoms with Gasteiger partial charge in [0, 0.05) is 4.32 Å². The Bertz CT molecular complexity index is 455. The smallest absolute Gasteiger partial charge is 0.193 e. The zero-order valence-electron chi connectivity index (χ0n) is 7.36. The van der Waals surface area contributed by atoms with Gasteiger partial charge in [-0.05, 0) is 30.7 Å². The van der Waals surface area contributed by atoms with Crippen LogP contribution < -0.4 is 0 Å². The Morgan fingerprint density at radius 1 is 1.36 bits per heavy atom. The molecule has 0 unspecified atom stereocenters. The quantitative estimate of drug-likeness (QED) is 0.785. The van der Waals surface area contributed by atoms with Gasteiger partial charge in [0.25, 0.3) is 0 Å². The van der Waals surface area contributed by atoms with Crippen LogP contribution in [0.2, 0.25) is 0 Å². The standard InChI is InChI=1S/C9H9BrO2S2/c10-8-4-9(5-8,6-8)14(11,12)7-2-1-3-13-7/h1-3H,4-6H2. The van der Waals surface area contributed by atoms with Gasteiger partial charge in [0.1, 0.15) is 4.21 Å². The van der Waals surface area contributed by atoms with Gasteiger partial charge in [-0.3, -0.25) is 0 Å². The summed E-state index contributed by atoms with van der Waals surface area (Å²) in [4.78, 5) is 0. The van der Waals surface area contributed by atoms with Crippen LogP contribution in [0.3, 0.4) is 0 Å². The molecule has 76 valence electrons. The number of hydrogen-bond donors (Lipinski definition) is 0. The van der Waals surface area contributed by atoms with Crippen molar-refractivity contribution in [1.82, 2.24) is 0 Å². The van der Waals surface area contributed by atoms with Crippen molar-refractivity contribution in [1.29, 1.82) is 0 Å². The molecule has 14 heavy (non-hydrogen) atoms. The highest BCUT2D eigenvalue weighted by atomic mass is 79.9. The third-order valence-electron chi connectivity index (χ3n) is 3.25. The number of rotatable bonds is 2. The number of halogens is 1. The van der Waals surface area contributed by atoms with Gasteiger partial charge < -0.3 is 0 Å². The summed E-state index contributed by atoms with van der Waals surface area (Å²) in [5, 5.41) is 1.82. The Balaban J connectivity index is 2.01.